The maximum Gasteiger partial charge on any atom is 0.106 e. The molecule has 1 aromatic carbocycles. The van der Waals surface area contributed by atoms with Gasteiger partial charge in [0.15, 0.2) is 0 Å². The van der Waals surface area contributed by atoms with Crippen LogP contribution in [0.15, 0.2) is 51.5 Å². The molecule has 94 valence electrons. The van der Waals surface area contributed by atoms with Crippen molar-refractivity contribution in [2.45, 2.75) is 19.5 Å². The highest BCUT2D eigenvalue weighted by Crippen LogP contribution is 2.22. The van der Waals surface area contributed by atoms with Crippen LogP contribution in [0.25, 0.3) is 0 Å². The van der Waals surface area contributed by atoms with Gasteiger partial charge in [-0.3, -0.25) is 0 Å². The van der Waals surface area contributed by atoms with Gasteiger partial charge >= 0.3 is 0 Å². The summed E-state index contributed by atoms with van der Waals surface area (Å²) in [5.41, 5.74) is 2.29. The van der Waals surface area contributed by atoms with Crippen LogP contribution >= 0.6 is 31.9 Å². The minimum atomic E-state index is 0.279. The second-order valence-corrected chi connectivity index (χ2v) is 5.74. The van der Waals surface area contributed by atoms with E-state index < -0.39 is 0 Å². The van der Waals surface area contributed by atoms with Crippen molar-refractivity contribution in [2.24, 2.45) is 0 Å². The van der Waals surface area contributed by atoms with Gasteiger partial charge < -0.3 is 5.32 Å². The van der Waals surface area contributed by atoms with Crippen LogP contribution in [-0.4, -0.2) is 4.98 Å². The van der Waals surface area contributed by atoms with Crippen LogP contribution in [0.4, 0.5) is 0 Å². The molecule has 1 heterocycles. The third-order valence-corrected chi connectivity index (χ3v) is 3.90. The van der Waals surface area contributed by atoms with Gasteiger partial charge in [0.05, 0.1) is 5.69 Å². The Morgan fingerprint density at radius 3 is 2.61 bits per heavy atom. The van der Waals surface area contributed by atoms with Crippen molar-refractivity contribution in [3.63, 3.8) is 0 Å². The molecule has 0 bridgehead atoms. The van der Waals surface area contributed by atoms with E-state index >= 15 is 0 Å². The monoisotopic (exact) mass is 368 g/mol. The molecule has 18 heavy (non-hydrogen) atoms. The Morgan fingerprint density at radius 1 is 1.11 bits per heavy atom. The summed E-state index contributed by atoms with van der Waals surface area (Å²) in [6.07, 6.45) is 0. The molecule has 0 unspecified atom stereocenters. The zero-order valence-electron chi connectivity index (χ0n) is 10.0. The SMILES string of the molecule is C[C@@H](NCc1cccc(Br)n1)c1ccccc1Br. The number of nitrogens with zero attached hydrogens (tertiary/aromatic N) is 1. The Bertz CT molecular complexity index is 529. The molecule has 0 saturated carbocycles. The molecular formula is C14H14Br2N2. The van der Waals surface area contributed by atoms with E-state index in [0.717, 1.165) is 21.3 Å². The molecule has 1 aromatic heterocycles. The van der Waals surface area contributed by atoms with E-state index in [4.69, 9.17) is 0 Å². The standard InChI is InChI=1S/C14H14Br2N2/c1-10(12-6-2-3-7-13(12)15)17-9-11-5-4-8-14(16)18-11/h2-8,10,17H,9H2,1H3/t10-/m1/s1. The lowest BCUT2D eigenvalue weighted by Gasteiger charge is -2.15. The fourth-order valence-corrected chi connectivity index (χ4v) is 2.75. The first-order valence-electron chi connectivity index (χ1n) is 5.76. The van der Waals surface area contributed by atoms with Gasteiger partial charge in [0.2, 0.25) is 0 Å². The third-order valence-electron chi connectivity index (χ3n) is 2.73. The van der Waals surface area contributed by atoms with Gasteiger partial charge in [-0.25, -0.2) is 4.98 Å². The lowest BCUT2D eigenvalue weighted by Crippen LogP contribution is -2.19. The Hall–Kier alpha value is -0.710. The number of halogens is 2. The van der Waals surface area contributed by atoms with Gasteiger partial charge in [-0.05, 0) is 46.6 Å². The molecule has 0 fully saturated rings. The predicted molar refractivity (Wildman–Crippen MR) is 81.3 cm³/mol. The summed E-state index contributed by atoms with van der Waals surface area (Å²) in [5.74, 6) is 0. The molecule has 1 N–H and O–H groups in total. The number of hydrogen-bond donors (Lipinski definition) is 1. The van der Waals surface area contributed by atoms with Crippen LogP contribution in [0.2, 0.25) is 0 Å². The molecule has 2 rings (SSSR count). The first-order valence-corrected chi connectivity index (χ1v) is 7.34. The second kappa shape index (κ2) is 6.45. The summed E-state index contributed by atoms with van der Waals surface area (Å²) in [4.78, 5) is 4.40. The fourth-order valence-electron chi connectivity index (χ4n) is 1.74. The van der Waals surface area contributed by atoms with Crippen LogP contribution in [0.3, 0.4) is 0 Å². The van der Waals surface area contributed by atoms with Crippen LogP contribution in [-0.2, 0) is 6.54 Å². The normalized spacial score (nSPS) is 12.4. The number of aromatic nitrogens is 1. The highest BCUT2D eigenvalue weighted by Gasteiger charge is 2.08. The Morgan fingerprint density at radius 2 is 1.89 bits per heavy atom. The van der Waals surface area contributed by atoms with E-state index in [0.29, 0.717) is 0 Å². The molecule has 0 aliphatic rings. The smallest absolute Gasteiger partial charge is 0.106 e. The van der Waals surface area contributed by atoms with E-state index in [2.05, 4.69) is 67.3 Å². The summed E-state index contributed by atoms with van der Waals surface area (Å²) in [6.45, 7) is 2.90. The Labute approximate surface area is 124 Å². The maximum atomic E-state index is 4.40. The highest BCUT2D eigenvalue weighted by molar-refractivity contribution is 9.10. The molecule has 0 saturated heterocycles. The lowest BCUT2D eigenvalue weighted by molar-refractivity contribution is 0.565. The van der Waals surface area contributed by atoms with E-state index in [1.807, 2.05) is 24.3 Å². The van der Waals surface area contributed by atoms with E-state index in [9.17, 15) is 0 Å². The molecule has 0 aliphatic carbocycles. The van der Waals surface area contributed by atoms with Crippen molar-refractivity contribution in [3.8, 4) is 0 Å². The molecule has 2 aromatic rings. The summed E-state index contributed by atoms with van der Waals surface area (Å²) < 4.78 is 2.00. The maximum absolute atomic E-state index is 4.40. The molecular weight excluding hydrogens is 356 g/mol. The second-order valence-electron chi connectivity index (χ2n) is 4.08. The third kappa shape index (κ3) is 3.64. The van der Waals surface area contributed by atoms with E-state index in [-0.39, 0.29) is 6.04 Å². The molecule has 2 nitrogen and oxygen atoms in total. The summed E-state index contributed by atoms with van der Waals surface area (Å²) >= 11 is 6.95. The van der Waals surface area contributed by atoms with Crippen LogP contribution < -0.4 is 5.32 Å². The molecule has 4 heteroatoms. The topological polar surface area (TPSA) is 24.9 Å². The summed E-state index contributed by atoms with van der Waals surface area (Å²) in [6, 6.07) is 14.5. The van der Waals surface area contributed by atoms with Crippen molar-refractivity contribution < 1.29 is 0 Å². The largest absolute Gasteiger partial charge is 0.305 e. The zero-order valence-corrected chi connectivity index (χ0v) is 13.2. The van der Waals surface area contributed by atoms with Gasteiger partial charge in [0.25, 0.3) is 0 Å². The zero-order chi connectivity index (χ0) is 13.0. The van der Waals surface area contributed by atoms with Crippen molar-refractivity contribution in [3.05, 3.63) is 62.8 Å². The van der Waals surface area contributed by atoms with Crippen molar-refractivity contribution in [2.75, 3.05) is 0 Å². The highest BCUT2D eigenvalue weighted by atomic mass is 79.9. The van der Waals surface area contributed by atoms with Gasteiger partial charge in [-0.1, -0.05) is 40.2 Å². The molecule has 0 aliphatic heterocycles. The van der Waals surface area contributed by atoms with Crippen molar-refractivity contribution >= 4 is 31.9 Å². The van der Waals surface area contributed by atoms with E-state index in [1.54, 1.807) is 0 Å². The van der Waals surface area contributed by atoms with Gasteiger partial charge in [0.1, 0.15) is 4.60 Å². The average Bonchev–Trinajstić information content (AvgIpc) is 2.37. The molecule has 0 radical (unpaired) electrons. The quantitative estimate of drug-likeness (QED) is 0.805. The summed E-state index contributed by atoms with van der Waals surface area (Å²) in [7, 11) is 0. The number of benzene rings is 1. The molecule has 0 amide bonds. The molecule has 1 atom stereocenters. The first-order chi connectivity index (χ1) is 8.66. The number of hydrogen-bond acceptors (Lipinski definition) is 2. The van der Waals surface area contributed by atoms with Gasteiger partial charge in [-0.15, -0.1) is 0 Å². The van der Waals surface area contributed by atoms with Crippen molar-refractivity contribution in [1.29, 1.82) is 0 Å². The van der Waals surface area contributed by atoms with Gasteiger partial charge in [0, 0.05) is 17.1 Å². The van der Waals surface area contributed by atoms with E-state index in [1.165, 1.54) is 5.56 Å². The molecule has 0 spiro atoms. The van der Waals surface area contributed by atoms with Gasteiger partial charge in [-0.2, -0.15) is 0 Å². The Balaban J connectivity index is 2.00. The number of pyridine rings is 1. The predicted octanol–water partition coefficient (Wildman–Crippen LogP) is 4.46. The average molecular weight is 370 g/mol. The lowest BCUT2D eigenvalue weighted by atomic mass is 10.1. The number of nitrogens with one attached hydrogen (secondary N) is 1. The fraction of sp³-hybridized carbons (Fsp3) is 0.214. The van der Waals surface area contributed by atoms with Crippen LogP contribution in [0.1, 0.15) is 24.2 Å². The minimum Gasteiger partial charge on any atom is -0.305 e. The Kier molecular flexibility index (Phi) is 4.92. The first kappa shape index (κ1) is 13.7. The number of rotatable bonds is 4. The summed E-state index contributed by atoms with van der Waals surface area (Å²) in [5, 5.41) is 3.47. The van der Waals surface area contributed by atoms with Crippen LogP contribution in [0, 0.1) is 0 Å². The minimum absolute atomic E-state index is 0.279. The van der Waals surface area contributed by atoms with Crippen molar-refractivity contribution in [1.82, 2.24) is 10.3 Å². The van der Waals surface area contributed by atoms with Crippen LogP contribution in [0.5, 0.6) is 0 Å².